The van der Waals surface area contributed by atoms with Crippen LogP contribution >= 0.6 is 0 Å². The van der Waals surface area contributed by atoms with Gasteiger partial charge in [-0.3, -0.25) is 4.90 Å². The fraction of sp³-hybridized carbons (Fsp3) is 0.379. The van der Waals surface area contributed by atoms with Crippen molar-refractivity contribution in [3.05, 3.63) is 83.7 Å². The Bertz CT molecular complexity index is 1110. The van der Waals surface area contributed by atoms with E-state index in [1.165, 1.54) is 30.2 Å². The summed E-state index contributed by atoms with van der Waals surface area (Å²) in [5.74, 6) is 0.624. The van der Waals surface area contributed by atoms with E-state index in [0.717, 1.165) is 49.6 Å². The van der Waals surface area contributed by atoms with E-state index in [2.05, 4.69) is 59.1 Å². The number of fused-ring (bicyclic) bond motifs is 2. The van der Waals surface area contributed by atoms with Crippen LogP contribution in [-0.4, -0.2) is 44.7 Å². The number of nitrogens with zero attached hydrogens (tertiary/aromatic N) is 3. The number of rotatable bonds is 6. The molecule has 0 saturated carbocycles. The number of benzene rings is 3. The molecule has 0 amide bonds. The lowest BCUT2D eigenvalue weighted by atomic mass is 9.99. The number of hydrogen-bond acceptors (Lipinski definition) is 4. The summed E-state index contributed by atoms with van der Waals surface area (Å²) in [7, 11) is 4.15. The molecule has 2 aliphatic heterocycles. The monoisotopic (exact) mass is 459 g/mol. The molecule has 3 aromatic rings. The zero-order chi connectivity index (χ0) is 23.5. The van der Waals surface area contributed by atoms with Gasteiger partial charge in [0.15, 0.2) is 0 Å². The standard InChI is InChI=1S/C29H34FN3O/c1-31(2)23-15-13-22(14-16-23)17-19-32-18-6-5-8-24(32)20-33-27-11-7-9-26(30)25(27)21-34-29-12-4-3-10-28(29)33/h3-4,7,9-16,24H,5-6,8,17-21H2,1-2H3. The van der Waals surface area contributed by atoms with Gasteiger partial charge in [0.25, 0.3) is 0 Å². The van der Waals surface area contributed by atoms with Gasteiger partial charge in [-0.2, -0.15) is 0 Å². The largest absolute Gasteiger partial charge is 0.487 e. The van der Waals surface area contributed by atoms with Crippen molar-refractivity contribution < 1.29 is 9.13 Å². The van der Waals surface area contributed by atoms with Crippen LogP contribution in [0.15, 0.2) is 66.7 Å². The van der Waals surface area contributed by atoms with E-state index >= 15 is 0 Å². The van der Waals surface area contributed by atoms with Gasteiger partial charge in [0.2, 0.25) is 0 Å². The normalized spacial score (nSPS) is 18.0. The minimum atomic E-state index is -0.197. The van der Waals surface area contributed by atoms with Gasteiger partial charge in [0.05, 0.1) is 11.4 Å². The van der Waals surface area contributed by atoms with Gasteiger partial charge >= 0.3 is 0 Å². The molecule has 0 N–H and O–H groups in total. The molecule has 0 aromatic heterocycles. The molecule has 5 heteroatoms. The number of para-hydroxylation sites is 2. The molecular formula is C29H34FN3O. The number of halogens is 1. The highest BCUT2D eigenvalue weighted by atomic mass is 19.1. The van der Waals surface area contributed by atoms with Crippen molar-refractivity contribution in [2.24, 2.45) is 0 Å². The van der Waals surface area contributed by atoms with Crippen LogP contribution in [0.3, 0.4) is 0 Å². The third-order valence-electron chi connectivity index (χ3n) is 7.20. The SMILES string of the molecule is CN(C)c1ccc(CCN2CCCCC2CN2c3ccccc3OCc3c(F)cccc32)cc1. The molecule has 0 spiro atoms. The van der Waals surface area contributed by atoms with Crippen molar-refractivity contribution in [1.82, 2.24) is 4.90 Å². The topological polar surface area (TPSA) is 19.0 Å². The van der Waals surface area contributed by atoms with Gasteiger partial charge in [-0.15, -0.1) is 0 Å². The lowest BCUT2D eigenvalue weighted by Crippen LogP contribution is -2.46. The molecule has 3 aromatic carbocycles. The van der Waals surface area contributed by atoms with Crippen LogP contribution in [0, 0.1) is 5.82 Å². The Morgan fingerprint density at radius 3 is 2.56 bits per heavy atom. The van der Waals surface area contributed by atoms with Crippen molar-refractivity contribution >= 4 is 17.1 Å². The van der Waals surface area contributed by atoms with Crippen molar-refractivity contribution in [2.75, 3.05) is 43.5 Å². The summed E-state index contributed by atoms with van der Waals surface area (Å²) in [6.07, 6.45) is 4.67. The molecule has 0 aliphatic carbocycles. The zero-order valence-electron chi connectivity index (χ0n) is 20.2. The van der Waals surface area contributed by atoms with Crippen LogP contribution in [0.1, 0.15) is 30.4 Å². The minimum Gasteiger partial charge on any atom is -0.487 e. The van der Waals surface area contributed by atoms with E-state index in [4.69, 9.17) is 4.74 Å². The second kappa shape index (κ2) is 10.1. The lowest BCUT2D eigenvalue weighted by Gasteiger charge is -2.39. The van der Waals surface area contributed by atoms with Crippen molar-refractivity contribution in [2.45, 2.75) is 38.3 Å². The Balaban J connectivity index is 1.37. The van der Waals surface area contributed by atoms with Crippen molar-refractivity contribution in [1.29, 1.82) is 0 Å². The molecule has 1 unspecified atom stereocenters. The van der Waals surface area contributed by atoms with Crippen molar-refractivity contribution in [3.8, 4) is 5.75 Å². The number of hydrogen-bond donors (Lipinski definition) is 0. The molecule has 178 valence electrons. The Labute approximate surface area is 202 Å². The molecule has 4 nitrogen and oxygen atoms in total. The highest BCUT2D eigenvalue weighted by molar-refractivity contribution is 5.73. The Morgan fingerprint density at radius 1 is 0.941 bits per heavy atom. The third kappa shape index (κ3) is 4.76. The van der Waals surface area contributed by atoms with Crippen LogP contribution < -0.4 is 14.5 Å². The van der Waals surface area contributed by atoms with Gasteiger partial charge in [-0.1, -0.05) is 36.8 Å². The van der Waals surface area contributed by atoms with Gasteiger partial charge in [0.1, 0.15) is 18.2 Å². The summed E-state index contributed by atoms with van der Waals surface area (Å²) in [5.41, 5.74) is 5.19. The van der Waals surface area contributed by atoms with Gasteiger partial charge < -0.3 is 14.5 Å². The van der Waals surface area contributed by atoms with Crippen LogP contribution in [0.5, 0.6) is 5.75 Å². The van der Waals surface area contributed by atoms with Gasteiger partial charge in [-0.05, 0) is 67.8 Å². The maximum absolute atomic E-state index is 14.8. The first-order valence-electron chi connectivity index (χ1n) is 12.4. The number of piperidine rings is 1. The molecule has 2 heterocycles. The average Bonchev–Trinajstić information content (AvgIpc) is 3.02. The zero-order valence-corrected chi connectivity index (χ0v) is 20.2. The second-order valence-electron chi connectivity index (χ2n) is 9.60. The van der Waals surface area contributed by atoms with Crippen LogP contribution in [0.4, 0.5) is 21.5 Å². The fourth-order valence-corrected chi connectivity index (χ4v) is 5.23. The number of ether oxygens (including phenoxy) is 1. The molecule has 34 heavy (non-hydrogen) atoms. The summed E-state index contributed by atoms with van der Waals surface area (Å²) in [5, 5.41) is 0. The van der Waals surface area contributed by atoms with E-state index in [9.17, 15) is 4.39 Å². The van der Waals surface area contributed by atoms with E-state index in [0.29, 0.717) is 11.6 Å². The van der Waals surface area contributed by atoms with Crippen LogP contribution in [-0.2, 0) is 13.0 Å². The Morgan fingerprint density at radius 2 is 1.74 bits per heavy atom. The summed E-state index contributed by atoms with van der Waals surface area (Å²) in [6.45, 7) is 3.24. The molecule has 0 radical (unpaired) electrons. The van der Waals surface area contributed by atoms with Gasteiger partial charge in [0, 0.05) is 44.5 Å². The highest BCUT2D eigenvalue weighted by Gasteiger charge is 2.29. The molecule has 0 bridgehead atoms. The Hall–Kier alpha value is -3.05. The summed E-state index contributed by atoms with van der Waals surface area (Å²) < 4.78 is 20.8. The van der Waals surface area contributed by atoms with Crippen LogP contribution in [0.25, 0.3) is 0 Å². The highest BCUT2D eigenvalue weighted by Crippen LogP contribution is 2.40. The summed E-state index contributed by atoms with van der Waals surface area (Å²) >= 11 is 0. The molecule has 1 saturated heterocycles. The molecule has 5 rings (SSSR count). The second-order valence-corrected chi connectivity index (χ2v) is 9.60. The van der Waals surface area contributed by atoms with Crippen LogP contribution in [0.2, 0.25) is 0 Å². The quantitative estimate of drug-likeness (QED) is 0.449. The predicted molar refractivity (Wildman–Crippen MR) is 138 cm³/mol. The average molecular weight is 460 g/mol. The lowest BCUT2D eigenvalue weighted by molar-refractivity contribution is 0.154. The summed E-state index contributed by atoms with van der Waals surface area (Å²) in [6, 6.07) is 22.8. The third-order valence-corrected chi connectivity index (χ3v) is 7.20. The van der Waals surface area contributed by atoms with E-state index < -0.39 is 0 Å². The molecule has 1 atom stereocenters. The first-order valence-corrected chi connectivity index (χ1v) is 12.4. The Kier molecular flexibility index (Phi) is 6.73. The first-order chi connectivity index (χ1) is 16.6. The number of anilines is 3. The maximum Gasteiger partial charge on any atom is 0.143 e. The summed E-state index contributed by atoms with van der Waals surface area (Å²) in [4.78, 5) is 7.06. The smallest absolute Gasteiger partial charge is 0.143 e. The minimum absolute atomic E-state index is 0.197. The maximum atomic E-state index is 14.8. The van der Waals surface area contributed by atoms with Crippen molar-refractivity contribution in [3.63, 3.8) is 0 Å². The van der Waals surface area contributed by atoms with Gasteiger partial charge in [-0.25, -0.2) is 4.39 Å². The fourth-order valence-electron chi connectivity index (χ4n) is 5.23. The van der Waals surface area contributed by atoms with E-state index in [1.54, 1.807) is 0 Å². The number of likely N-dealkylation sites (tertiary alicyclic amines) is 1. The van der Waals surface area contributed by atoms with E-state index in [1.807, 2.05) is 30.3 Å². The first kappa shape index (κ1) is 22.7. The molecular weight excluding hydrogens is 425 g/mol. The van der Waals surface area contributed by atoms with E-state index in [-0.39, 0.29) is 12.4 Å². The predicted octanol–water partition coefficient (Wildman–Crippen LogP) is 6.02. The molecule has 2 aliphatic rings. The molecule has 1 fully saturated rings.